The summed E-state index contributed by atoms with van der Waals surface area (Å²) in [6.07, 6.45) is 0.146. The van der Waals surface area contributed by atoms with Crippen LogP contribution in [0, 0.1) is 0 Å². The van der Waals surface area contributed by atoms with Crippen LogP contribution >= 0.6 is 0 Å². The SMILES string of the molecule is O=C(CCC(=O)c1ccccc1)Oc1ccc(-c2nc3ccccc3n2Cc2ccccc2)cc1. The Bertz CT molecular complexity index is 1460. The molecule has 0 spiro atoms. The molecule has 172 valence electrons. The highest BCUT2D eigenvalue weighted by Gasteiger charge is 2.14. The van der Waals surface area contributed by atoms with Gasteiger partial charge in [0.2, 0.25) is 0 Å². The van der Waals surface area contributed by atoms with Gasteiger partial charge in [0, 0.05) is 24.1 Å². The summed E-state index contributed by atoms with van der Waals surface area (Å²) in [5, 5.41) is 0. The zero-order valence-corrected chi connectivity index (χ0v) is 19.1. The summed E-state index contributed by atoms with van der Waals surface area (Å²) in [6.45, 7) is 0.697. The third-order valence-electron chi connectivity index (χ3n) is 5.83. The lowest BCUT2D eigenvalue weighted by molar-refractivity contribution is -0.134. The van der Waals surface area contributed by atoms with Crippen molar-refractivity contribution in [3.63, 3.8) is 0 Å². The molecule has 0 radical (unpaired) electrons. The number of carbonyl (C=O) groups is 2. The van der Waals surface area contributed by atoms with E-state index in [4.69, 9.17) is 9.72 Å². The predicted molar refractivity (Wildman–Crippen MR) is 136 cm³/mol. The van der Waals surface area contributed by atoms with Crippen molar-refractivity contribution in [1.82, 2.24) is 9.55 Å². The molecule has 0 unspecified atom stereocenters. The van der Waals surface area contributed by atoms with Gasteiger partial charge >= 0.3 is 5.97 Å². The second-order valence-corrected chi connectivity index (χ2v) is 8.28. The van der Waals surface area contributed by atoms with E-state index >= 15 is 0 Å². The minimum absolute atomic E-state index is 0.0301. The molecule has 4 aromatic carbocycles. The lowest BCUT2D eigenvalue weighted by Crippen LogP contribution is -2.10. The molecule has 0 saturated carbocycles. The van der Waals surface area contributed by atoms with Crippen LogP contribution in [0.2, 0.25) is 0 Å². The van der Waals surface area contributed by atoms with Gasteiger partial charge in [-0.1, -0.05) is 72.8 Å². The maximum Gasteiger partial charge on any atom is 0.311 e. The van der Waals surface area contributed by atoms with Gasteiger partial charge in [-0.3, -0.25) is 9.59 Å². The first-order chi connectivity index (χ1) is 17.2. The van der Waals surface area contributed by atoms with Crippen molar-refractivity contribution in [1.29, 1.82) is 0 Å². The quantitative estimate of drug-likeness (QED) is 0.154. The van der Waals surface area contributed by atoms with E-state index in [1.165, 1.54) is 5.56 Å². The maximum atomic E-state index is 12.3. The standard InChI is InChI=1S/C30H24N2O3/c33-28(23-11-5-2-6-12-23)19-20-29(34)35-25-17-15-24(16-18-25)30-31-26-13-7-8-14-27(26)32(30)21-22-9-3-1-4-10-22/h1-18H,19-21H2. The number of ether oxygens (including phenoxy) is 1. The highest BCUT2D eigenvalue weighted by molar-refractivity contribution is 5.97. The Labute approximate surface area is 203 Å². The molecule has 0 aliphatic rings. The van der Waals surface area contributed by atoms with Gasteiger partial charge in [0.25, 0.3) is 0 Å². The van der Waals surface area contributed by atoms with Gasteiger partial charge in [-0.05, 0) is 42.0 Å². The third-order valence-corrected chi connectivity index (χ3v) is 5.83. The fourth-order valence-corrected chi connectivity index (χ4v) is 4.06. The van der Waals surface area contributed by atoms with Crippen LogP contribution in [0.1, 0.15) is 28.8 Å². The second-order valence-electron chi connectivity index (χ2n) is 8.28. The molecule has 1 heterocycles. The van der Waals surface area contributed by atoms with Gasteiger partial charge < -0.3 is 9.30 Å². The molecule has 0 amide bonds. The average Bonchev–Trinajstić information content (AvgIpc) is 3.27. The van der Waals surface area contributed by atoms with Gasteiger partial charge in [0.1, 0.15) is 11.6 Å². The number of benzene rings is 4. The molecule has 0 atom stereocenters. The van der Waals surface area contributed by atoms with Gasteiger partial charge in [-0.15, -0.1) is 0 Å². The predicted octanol–water partition coefficient (Wildman–Crippen LogP) is 6.32. The fraction of sp³-hybridized carbons (Fsp3) is 0.100. The summed E-state index contributed by atoms with van der Waals surface area (Å²) >= 11 is 0. The van der Waals surface area contributed by atoms with Crippen LogP contribution in [-0.4, -0.2) is 21.3 Å². The Balaban J connectivity index is 1.30. The monoisotopic (exact) mass is 460 g/mol. The Kier molecular flexibility index (Phi) is 6.48. The molecule has 35 heavy (non-hydrogen) atoms. The largest absolute Gasteiger partial charge is 0.427 e. The summed E-state index contributed by atoms with van der Waals surface area (Å²) in [7, 11) is 0. The normalized spacial score (nSPS) is 10.9. The number of fused-ring (bicyclic) bond motifs is 1. The number of Topliss-reactive ketones (excluding diaryl/α,β-unsaturated/α-hetero) is 1. The minimum atomic E-state index is -0.432. The number of para-hydroxylation sites is 2. The third kappa shape index (κ3) is 5.20. The topological polar surface area (TPSA) is 61.2 Å². The smallest absolute Gasteiger partial charge is 0.311 e. The fourth-order valence-electron chi connectivity index (χ4n) is 4.06. The van der Waals surface area contributed by atoms with Crippen LogP contribution in [0.4, 0.5) is 0 Å². The van der Waals surface area contributed by atoms with E-state index in [-0.39, 0.29) is 18.6 Å². The molecule has 1 aromatic heterocycles. The number of aromatic nitrogens is 2. The van der Waals surface area contributed by atoms with E-state index in [2.05, 4.69) is 22.8 Å². The number of nitrogens with zero attached hydrogens (tertiary/aromatic N) is 2. The number of imidazole rings is 1. The molecule has 0 aliphatic heterocycles. The highest BCUT2D eigenvalue weighted by Crippen LogP contribution is 2.27. The number of hydrogen-bond acceptors (Lipinski definition) is 4. The molecule has 5 rings (SSSR count). The summed E-state index contributed by atoms with van der Waals surface area (Å²) in [5.41, 5.74) is 4.70. The van der Waals surface area contributed by atoms with Crippen molar-refractivity contribution >= 4 is 22.8 Å². The van der Waals surface area contributed by atoms with Gasteiger partial charge in [-0.25, -0.2) is 4.98 Å². The molecule has 5 heteroatoms. The molecule has 0 fully saturated rings. The highest BCUT2D eigenvalue weighted by atomic mass is 16.5. The maximum absolute atomic E-state index is 12.3. The van der Waals surface area contributed by atoms with Crippen molar-refractivity contribution in [3.05, 3.63) is 120 Å². The van der Waals surface area contributed by atoms with E-state index in [1.54, 1.807) is 36.4 Å². The van der Waals surface area contributed by atoms with Crippen molar-refractivity contribution in [2.24, 2.45) is 0 Å². The number of rotatable bonds is 8. The lowest BCUT2D eigenvalue weighted by atomic mass is 10.1. The van der Waals surface area contributed by atoms with Gasteiger partial charge in [-0.2, -0.15) is 0 Å². The zero-order chi connectivity index (χ0) is 24.0. The van der Waals surface area contributed by atoms with Crippen LogP contribution < -0.4 is 4.74 Å². The molecule has 5 nitrogen and oxygen atoms in total. The van der Waals surface area contributed by atoms with Crippen molar-refractivity contribution in [2.45, 2.75) is 19.4 Å². The van der Waals surface area contributed by atoms with E-state index in [0.29, 0.717) is 17.9 Å². The first-order valence-electron chi connectivity index (χ1n) is 11.6. The first kappa shape index (κ1) is 22.3. The van der Waals surface area contributed by atoms with Crippen molar-refractivity contribution in [2.75, 3.05) is 0 Å². The Hall–Kier alpha value is -4.51. The average molecular weight is 461 g/mol. The summed E-state index contributed by atoms with van der Waals surface area (Å²) in [4.78, 5) is 29.4. The van der Waals surface area contributed by atoms with Crippen LogP contribution in [-0.2, 0) is 11.3 Å². The van der Waals surface area contributed by atoms with Crippen LogP contribution in [0.15, 0.2) is 109 Å². The van der Waals surface area contributed by atoms with Crippen LogP contribution in [0.25, 0.3) is 22.4 Å². The first-order valence-corrected chi connectivity index (χ1v) is 11.6. The van der Waals surface area contributed by atoms with E-state index in [0.717, 1.165) is 22.4 Å². The summed E-state index contributed by atoms with van der Waals surface area (Å²) in [6, 6.07) is 34.6. The van der Waals surface area contributed by atoms with Crippen LogP contribution in [0.3, 0.4) is 0 Å². The van der Waals surface area contributed by atoms with Crippen molar-refractivity contribution < 1.29 is 14.3 Å². The number of ketones is 1. The second kappa shape index (κ2) is 10.2. The number of hydrogen-bond donors (Lipinski definition) is 0. The molecule has 0 saturated heterocycles. The van der Waals surface area contributed by atoms with E-state index in [9.17, 15) is 9.59 Å². The summed E-state index contributed by atoms with van der Waals surface area (Å²) < 4.78 is 7.65. The van der Waals surface area contributed by atoms with Crippen molar-refractivity contribution in [3.8, 4) is 17.1 Å². The van der Waals surface area contributed by atoms with Gasteiger partial charge in [0.15, 0.2) is 5.78 Å². The molecule has 0 bridgehead atoms. The molecule has 0 N–H and O–H groups in total. The van der Waals surface area contributed by atoms with Gasteiger partial charge in [0.05, 0.1) is 17.5 Å². The molecular formula is C30H24N2O3. The number of esters is 1. The Morgan fingerprint density at radius 3 is 2.11 bits per heavy atom. The zero-order valence-electron chi connectivity index (χ0n) is 19.1. The Morgan fingerprint density at radius 2 is 1.37 bits per heavy atom. The Morgan fingerprint density at radius 1 is 0.714 bits per heavy atom. The number of carbonyl (C=O) groups excluding carboxylic acids is 2. The van der Waals surface area contributed by atoms with E-state index < -0.39 is 5.97 Å². The summed E-state index contributed by atoms with van der Waals surface area (Å²) in [5.74, 6) is 0.784. The molecular weight excluding hydrogens is 436 g/mol. The molecule has 0 aliphatic carbocycles. The molecule has 5 aromatic rings. The lowest BCUT2D eigenvalue weighted by Gasteiger charge is -2.10. The van der Waals surface area contributed by atoms with Crippen LogP contribution in [0.5, 0.6) is 5.75 Å². The van der Waals surface area contributed by atoms with E-state index in [1.807, 2.05) is 54.6 Å². The minimum Gasteiger partial charge on any atom is -0.427 e.